The molecule has 0 amide bonds. The minimum atomic E-state index is 0.621. The van der Waals surface area contributed by atoms with Crippen molar-refractivity contribution in [2.45, 2.75) is 26.3 Å². The summed E-state index contributed by atoms with van der Waals surface area (Å²) in [6, 6.07) is 2.62. The second kappa shape index (κ2) is 2.91. The Kier molecular flexibility index (Phi) is 1.87. The molecule has 2 unspecified atom stereocenters. The summed E-state index contributed by atoms with van der Waals surface area (Å²) in [6.07, 6.45) is 2.97. The van der Waals surface area contributed by atoms with Gasteiger partial charge in [0.1, 0.15) is 5.82 Å². The van der Waals surface area contributed by atoms with Gasteiger partial charge in [-0.2, -0.15) is 0 Å². The smallest absolute Gasteiger partial charge is 0.126 e. The van der Waals surface area contributed by atoms with E-state index >= 15 is 0 Å². The molecule has 0 saturated heterocycles. The van der Waals surface area contributed by atoms with Crippen LogP contribution in [0.3, 0.4) is 0 Å². The number of hydrogen-bond donors (Lipinski definition) is 2. The SMILES string of the molecule is Cc1cc(NC2CC2C)ncc1N. The maximum atomic E-state index is 5.67. The van der Waals surface area contributed by atoms with Crippen molar-refractivity contribution in [2.75, 3.05) is 11.1 Å². The Hall–Kier alpha value is -1.25. The van der Waals surface area contributed by atoms with E-state index in [2.05, 4.69) is 17.2 Å². The number of rotatable bonds is 2. The Bertz CT molecular complexity index is 322. The minimum Gasteiger partial charge on any atom is -0.397 e. The normalized spacial score (nSPS) is 25.7. The molecule has 2 rings (SSSR count). The van der Waals surface area contributed by atoms with E-state index in [0.29, 0.717) is 6.04 Å². The highest BCUT2D eigenvalue weighted by molar-refractivity contribution is 5.51. The van der Waals surface area contributed by atoms with Crippen LogP contribution in [-0.4, -0.2) is 11.0 Å². The topological polar surface area (TPSA) is 50.9 Å². The third-order valence-corrected chi connectivity index (χ3v) is 2.59. The van der Waals surface area contributed by atoms with Gasteiger partial charge in [0.05, 0.1) is 11.9 Å². The van der Waals surface area contributed by atoms with Crippen LogP contribution in [0.15, 0.2) is 12.3 Å². The zero-order chi connectivity index (χ0) is 9.42. The molecule has 1 fully saturated rings. The number of nitrogen functional groups attached to an aromatic ring is 1. The first-order valence-electron chi connectivity index (χ1n) is 4.65. The molecule has 0 aliphatic heterocycles. The van der Waals surface area contributed by atoms with E-state index in [1.54, 1.807) is 6.20 Å². The molecule has 1 saturated carbocycles. The lowest BCUT2D eigenvalue weighted by Gasteiger charge is -2.06. The van der Waals surface area contributed by atoms with Gasteiger partial charge < -0.3 is 11.1 Å². The van der Waals surface area contributed by atoms with Gasteiger partial charge in [0, 0.05) is 6.04 Å². The van der Waals surface area contributed by atoms with Crippen LogP contribution < -0.4 is 11.1 Å². The molecular formula is C10H15N3. The van der Waals surface area contributed by atoms with Gasteiger partial charge in [0.2, 0.25) is 0 Å². The molecule has 1 aromatic rings. The number of anilines is 2. The first kappa shape index (κ1) is 8.35. The first-order valence-corrected chi connectivity index (χ1v) is 4.65. The average Bonchev–Trinajstić information content (AvgIpc) is 2.75. The largest absolute Gasteiger partial charge is 0.397 e. The molecule has 13 heavy (non-hydrogen) atoms. The molecule has 70 valence electrons. The van der Waals surface area contributed by atoms with Crippen LogP contribution in [0.1, 0.15) is 18.9 Å². The van der Waals surface area contributed by atoms with Gasteiger partial charge in [-0.25, -0.2) is 4.98 Å². The van der Waals surface area contributed by atoms with Crippen molar-refractivity contribution in [2.24, 2.45) is 5.92 Å². The minimum absolute atomic E-state index is 0.621. The lowest BCUT2D eigenvalue weighted by atomic mass is 10.2. The first-order chi connectivity index (χ1) is 6.16. The Morgan fingerprint density at radius 2 is 2.31 bits per heavy atom. The molecule has 1 aliphatic rings. The predicted molar refractivity (Wildman–Crippen MR) is 54.6 cm³/mol. The van der Waals surface area contributed by atoms with E-state index in [1.165, 1.54) is 6.42 Å². The van der Waals surface area contributed by atoms with Gasteiger partial charge in [0.15, 0.2) is 0 Å². The van der Waals surface area contributed by atoms with Crippen molar-refractivity contribution in [3.05, 3.63) is 17.8 Å². The van der Waals surface area contributed by atoms with Crippen molar-refractivity contribution in [1.82, 2.24) is 4.98 Å². The molecule has 3 nitrogen and oxygen atoms in total. The lowest BCUT2D eigenvalue weighted by molar-refractivity contribution is 0.923. The molecule has 1 aromatic heterocycles. The standard InChI is InChI=1S/C10H15N3/c1-6-4-10(12-5-8(6)11)13-9-3-7(9)2/h4-5,7,9H,3,11H2,1-2H3,(H,12,13). The molecule has 0 radical (unpaired) electrons. The fourth-order valence-corrected chi connectivity index (χ4v) is 1.36. The second-order valence-corrected chi connectivity index (χ2v) is 3.89. The highest BCUT2D eigenvalue weighted by Gasteiger charge is 2.32. The van der Waals surface area contributed by atoms with Crippen LogP contribution in [0.5, 0.6) is 0 Å². The lowest BCUT2D eigenvalue weighted by Crippen LogP contribution is -2.05. The zero-order valence-electron chi connectivity index (χ0n) is 8.04. The summed E-state index contributed by atoms with van der Waals surface area (Å²) in [6.45, 7) is 4.24. The molecule has 0 spiro atoms. The number of nitrogens with zero attached hydrogens (tertiary/aromatic N) is 1. The van der Waals surface area contributed by atoms with Gasteiger partial charge in [-0.1, -0.05) is 6.92 Å². The Balaban J connectivity index is 2.08. The van der Waals surface area contributed by atoms with Gasteiger partial charge in [-0.3, -0.25) is 0 Å². The molecule has 1 aliphatic carbocycles. The summed E-state index contributed by atoms with van der Waals surface area (Å²) in [4.78, 5) is 4.22. The fraction of sp³-hybridized carbons (Fsp3) is 0.500. The van der Waals surface area contributed by atoms with E-state index < -0.39 is 0 Å². The summed E-state index contributed by atoms with van der Waals surface area (Å²) in [5, 5.41) is 3.37. The van der Waals surface area contributed by atoms with Crippen molar-refractivity contribution in [1.29, 1.82) is 0 Å². The summed E-state index contributed by atoms with van der Waals surface area (Å²) in [5.74, 6) is 1.74. The zero-order valence-corrected chi connectivity index (χ0v) is 8.04. The van der Waals surface area contributed by atoms with Crippen LogP contribution in [0.2, 0.25) is 0 Å². The van der Waals surface area contributed by atoms with Gasteiger partial charge >= 0.3 is 0 Å². The van der Waals surface area contributed by atoms with E-state index in [-0.39, 0.29) is 0 Å². The van der Waals surface area contributed by atoms with Crippen LogP contribution in [0.4, 0.5) is 11.5 Å². The quantitative estimate of drug-likeness (QED) is 0.724. The summed E-state index contributed by atoms with van der Waals surface area (Å²) in [7, 11) is 0. The van der Waals surface area contributed by atoms with Crippen LogP contribution in [-0.2, 0) is 0 Å². The number of hydrogen-bond acceptors (Lipinski definition) is 3. The number of aryl methyl sites for hydroxylation is 1. The van der Waals surface area contributed by atoms with E-state index in [4.69, 9.17) is 5.73 Å². The van der Waals surface area contributed by atoms with Crippen LogP contribution in [0.25, 0.3) is 0 Å². The van der Waals surface area contributed by atoms with E-state index in [9.17, 15) is 0 Å². The van der Waals surface area contributed by atoms with Crippen molar-refractivity contribution < 1.29 is 0 Å². The number of aromatic nitrogens is 1. The Labute approximate surface area is 78.4 Å². The molecule has 3 N–H and O–H groups in total. The maximum Gasteiger partial charge on any atom is 0.126 e. The molecule has 2 atom stereocenters. The highest BCUT2D eigenvalue weighted by Crippen LogP contribution is 2.32. The Morgan fingerprint density at radius 1 is 1.62 bits per heavy atom. The fourth-order valence-electron chi connectivity index (χ4n) is 1.36. The van der Waals surface area contributed by atoms with Crippen LogP contribution >= 0.6 is 0 Å². The maximum absolute atomic E-state index is 5.67. The van der Waals surface area contributed by atoms with E-state index in [1.807, 2.05) is 13.0 Å². The molecule has 0 aromatic carbocycles. The van der Waals surface area contributed by atoms with Gasteiger partial charge in [0.25, 0.3) is 0 Å². The monoisotopic (exact) mass is 177 g/mol. The highest BCUT2D eigenvalue weighted by atomic mass is 15.0. The average molecular weight is 177 g/mol. The third kappa shape index (κ3) is 1.74. The summed E-state index contributed by atoms with van der Waals surface area (Å²) in [5.41, 5.74) is 7.52. The molecule has 1 heterocycles. The Morgan fingerprint density at radius 3 is 2.85 bits per heavy atom. The van der Waals surface area contributed by atoms with Gasteiger partial charge in [-0.15, -0.1) is 0 Å². The third-order valence-electron chi connectivity index (χ3n) is 2.59. The van der Waals surface area contributed by atoms with Crippen LogP contribution in [0, 0.1) is 12.8 Å². The van der Waals surface area contributed by atoms with Crippen molar-refractivity contribution >= 4 is 11.5 Å². The predicted octanol–water partition coefficient (Wildman–Crippen LogP) is 1.79. The second-order valence-electron chi connectivity index (χ2n) is 3.89. The number of pyridine rings is 1. The molecule has 3 heteroatoms. The van der Waals surface area contributed by atoms with Crippen molar-refractivity contribution in [3.8, 4) is 0 Å². The summed E-state index contributed by atoms with van der Waals surface area (Å²) < 4.78 is 0. The number of nitrogens with one attached hydrogen (secondary N) is 1. The molecule has 0 bridgehead atoms. The number of nitrogens with two attached hydrogens (primary N) is 1. The van der Waals surface area contributed by atoms with Gasteiger partial charge in [-0.05, 0) is 30.9 Å². The van der Waals surface area contributed by atoms with E-state index in [0.717, 1.165) is 23.0 Å². The summed E-state index contributed by atoms with van der Waals surface area (Å²) >= 11 is 0. The molecular weight excluding hydrogens is 162 g/mol. The van der Waals surface area contributed by atoms with Crippen molar-refractivity contribution in [3.63, 3.8) is 0 Å².